The molecule has 1 heterocycles. The van der Waals surface area contributed by atoms with Crippen LogP contribution in [0.3, 0.4) is 0 Å². The lowest BCUT2D eigenvalue weighted by molar-refractivity contribution is 0.0952. The van der Waals surface area contributed by atoms with Crippen molar-refractivity contribution in [1.29, 1.82) is 0 Å². The highest BCUT2D eigenvalue weighted by molar-refractivity contribution is 5.94. The van der Waals surface area contributed by atoms with Crippen LogP contribution in [0.25, 0.3) is 0 Å². The van der Waals surface area contributed by atoms with E-state index in [0.717, 1.165) is 31.1 Å². The molecule has 0 unspecified atom stereocenters. The van der Waals surface area contributed by atoms with Gasteiger partial charge < -0.3 is 10.6 Å². The summed E-state index contributed by atoms with van der Waals surface area (Å²) < 4.78 is 26.6. The molecular formula is C14H16F2N2O. The van der Waals surface area contributed by atoms with Gasteiger partial charge in [-0.3, -0.25) is 4.79 Å². The van der Waals surface area contributed by atoms with Gasteiger partial charge in [-0.15, -0.1) is 0 Å². The zero-order valence-corrected chi connectivity index (χ0v) is 10.7. The minimum atomic E-state index is -0.833. The molecule has 102 valence electrons. The van der Waals surface area contributed by atoms with Gasteiger partial charge in [-0.1, -0.05) is 11.6 Å². The van der Waals surface area contributed by atoms with Crippen molar-refractivity contribution < 1.29 is 13.6 Å². The third-order valence-electron chi connectivity index (χ3n) is 3.13. The monoisotopic (exact) mass is 266 g/mol. The summed E-state index contributed by atoms with van der Waals surface area (Å²) in [6.45, 7) is 3.57. The van der Waals surface area contributed by atoms with Crippen molar-refractivity contribution in [2.75, 3.05) is 19.6 Å². The number of rotatable bonds is 3. The fourth-order valence-corrected chi connectivity index (χ4v) is 1.95. The van der Waals surface area contributed by atoms with Crippen molar-refractivity contribution in [3.05, 3.63) is 46.5 Å². The Labute approximate surface area is 110 Å². The molecule has 1 aliphatic rings. The van der Waals surface area contributed by atoms with E-state index in [0.29, 0.717) is 6.54 Å². The van der Waals surface area contributed by atoms with Gasteiger partial charge in [0.2, 0.25) is 0 Å². The maximum absolute atomic E-state index is 13.5. The Kier molecular flexibility index (Phi) is 4.27. The van der Waals surface area contributed by atoms with E-state index >= 15 is 0 Å². The summed E-state index contributed by atoms with van der Waals surface area (Å²) in [5.74, 6) is -1.99. The van der Waals surface area contributed by atoms with Crippen molar-refractivity contribution in [2.45, 2.75) is 13.3 Å². The lowest BCUT2D eigenvalue weighted by Crippen LogP contribution is -2.30. The van der Waals surface area contributed by atoms with Gasteiger partial charge in [-0.2, -0.15) is 0 Å². The topological polar surface area (TPSA) is 41.1 Å². The molecule has 0 aromatic heterocycles. The van der Waals surface area contributed by atoms with Crippen LogP contribution in [0.2, 0.25) is 0 Å². The van der Waals surface area contributed by atoms with E-state index in [9.17, 15) is 13.6 Å². The first kappa shape index (κ1) is 13.7. The Bertz CT molecular complexity index is 526. The van der Waals surface area contributed by atoms with Gasteiger partial charge in [0, 0.05) is 19.2 Å². The Balaban J connectivity index is 2.03. The molecule has 0 bridgehead atoms. The standard InChI is InChI=1S/C14H16F2N2O/c1-9-6-11(13(16)7-12(9)15)14(19)18-8-10-2-4-17-5-3-10/h2,6-7,17H,3-5,8H2,1H3,(H,18,19). The van der Waals surface area contributed by atoms with E-state index in [1.165, 1.54) is 13.0 Å². The van der Waals surface area contributed by atoms with Gasteiger partial charge in [-0.25, -0.2) is 8.78 Å². The average Bonchev–Trinajstić information content (AvgIpc) is 2.41. The van der Waals surface area contributed by atoms with Crippen LogP contribution in [0.1, 0.15) is 22.3 Å². The second kappa shape index (κ2) is 5.93. The van der Waals surface area contributed by atoms with Crippen molar-refractivity contribution >= 4 is 5.91 Å². The van der Waals surface area contributed by atoms with Crippen LogP contribution in [0.4, 0.5) is 8.78 Å². The molecule has 1 amide bonds. The highest BCUT2D eigenvalue weighted by Crippen LogP contribution is 2.14. The number of benzene rings is 1. The lowest BCUT2D eigenvalue weighted by Gasteiger charge is -2.15. The predicted octanol–water partition coefficient (Wildman–Crippen LogP) is 1.92. The molecule has 0 aliphatic carbocycles. The van der Waals surface area contributed by atoms with E-state index in [1.54, 1.807) is 0 Å². The Morgan fingerprint density at radius 1 is 1.37 bits per heavy atom. The number of carbonyl (C=O) groups is 1. The molecule has 0 saturated heterocycles. The third kappa shape index (κ3) is 3.38. The average molecular weight is 266 g/mol. The molecule has 19 heavy (non-hydrogen) atoms. The molecule has 0 fully saturated rings. The fraction of sp³-hybridized carbons (Fsp3) is 0.357. The molecule has 0 atom stereocenters. The van der Waals surface area contributed by atoms with Crippen molar-refractivity contribution in [2.24, 2.45) is 0 Å². The predicted molar refractivity (Wildman–Crippen MR) is 69.0 cm³/mol. The minimum absolute atomic E-state index is 0.117. The van der Waals surface area contributed by atoms with Crippen LogP contribution in [-0.4, -0.2) is 25.5 Å². The lowest BCUT2D eigenvalue weighted by atomic mass is 10.1. The molecule has 1 aromatic carbocycles. The maximum Gasteiger partial charge on any atom is 0.254 e. The quantitative estimate of drug-likeness (QED) is 0.821. The van der Waals surface area contributed by atoms with E-state index in [1.807, 2.05) is 6.08 Å². The highest BCUT2D eigenvalue weighted by atomic mass is 19.1. The molecule has 0 spiro atoms. The molecule has 0 saturated carbocycles. The van der Waals surface area contributed by atoms with Crippen LogP contribution >= 0.6 is 0 Å². The Morgan fingerprint density at radius 3 is 2.84 bits per heavy atom. The second-order valence-corrected chi connectivity index (χ2v) is 4.58. The summed E-state index contributed by atoms with van der Waals surface area (Å²) in [6, 6.07) is 1.98. The smallest absolute Gasteiger partial charge is 0.254 e. The molecule has 3 nitrogen and oxygen atoms in total. The zero-order chi connectivity index (χ0) is 13.8. The molecule has 0 radical (unpaired) electrons. The maximum atomic E-state index is 13.5. The van der Waals surface area contributed by atoms with Crippen molar-refractivity contribution in [3.63, 3.8) is 0 Å². The van der Waals surface area contributed by atoms with Crippen molar-refractivity contribution in [3.8, 4) is 0 Å². The van der Waals surface area contributed by atoms with Gasteiger partial charge in [-0.05, 0) is 31.5 Å². The first-order valence-corrected chi connectivity index (χ1v) is 6.20. The number of halogens is 2. The summed E-state index contributed by atoms with van der Waals surface area (Å²) in [5.41, 5.74) is 1.26. The summed E-state index contributed by atoms with van der Waals surface area (Å²) in [5, 5.41) is 5.82. The SMILES string of the molecule is Cc1cc(C(=O)NCC2=CCNCC2)c(F)cc1F. The second-order valence-electron chi connectivity index (χ2n) is 4.58. The van der Waals surface area contributed by atoms with E-state index in [4.69, 9.17) is 0 Å². The third-order valence-corrected chi connectivity index (χ3v) is 3.13. The molecule has 5 heteroatoms. The highest BCUT2D eigenvalue weighted by Gasteiger charge is 2.14. The van der Waals surface area contributed by atoms with Crippen LogP contribution in [0, 0.1) is 18.6 Å². The van der Waals surface area contributed by atoms with Gasteiger partial charge in [0.05, 0.1) is 5.56 Å². The fourth-order valence-electron chi connectivity index (χ4n) is 1.95. The summed E-state index contributed by atoms with van der Waals surface area (Å²) in [4.78, 5) is 11.9. The molecule has 1 aliphatic heterocycles. The number of amides is 1. The van der Waals surface area contributed by atoms with E-state index < -0.39 is 17.5 Å². The number of nitrogens with one attached hydrogen (secondary N) is 2. The van der Waals surface area contributed by atoms with E-state index in [-0.39, 0.29) is 11.1 Å². The van der Waals surface area contributed by atoms with E-state index in [2.05, 4.69) is 10.6 Å². The largest absolute Gasteiger partial charge is 0.348 e. The number of hydrogen-bond donors (Lipinski definition) is 2. The Hall–Kier alpha value is -1.75. The number of carbonyl (C=O) groups excluding carboxylic acids is 1. The Morgan fingerprint density at radius 2 is 2.16 bits per heavy atom. The molecule has 2 N–H and O–H groups in total. The van der Waals surface area contributed by atoms with Crippen LogP contribution in [0.5, 0.6) is 0 Å². The normalized spacial score (nSPS) is 15.0. The first-order valence-electron chi connectivity index (χ1n) is 6.20. The minimum Gasteiger partial charge on any atom is -0.348 e. The summed E-state index contributed by atoms with van der Waals surface area (Å²) in [7, 11) is 0. The number of hydrogen-bond acceptors (Lipinski definition) is 2. The van der Waals surface area contributed by atoms with Gasteiger partial charge >= 0.3 is 0 Å². The first-order chi connectivity index (χ1) is 9.08. The van der Waals surface area contributed by atoms with Crippen LogP contribution in [0.15, 0.2) is 23.8 Å². The van der Waals surface area contributed by atoms with Gasteiger partial charge in [0.25, 0.3) is 5.91 Å². The summed E-state index contributed by atoms with van der Waals surface area (Å²) in [6.07, 6.45) is 2.88. The molecule has 1 aromatic rings. The summed E-state index contributed by atoms with van der Waals surface area (Å²) >= 11 is 0. The molecular weight excluding hydrogens is 250 g/mol. The van der Waals surface area contributed by atoms with Crippen LogP contribution < -0.4 is 10.6 Å². The van der Waals surface area contributed by atoms with Crippen LogP contribution in [-0.2, 0) is 0 Å². The zero-order valence-electron chi connectivity index (χ0n) is 10.7. The number of aryl methyl sites for hydroxylation is 1. The van der Waals surface area contributed by atoms with Crippen molar-refractivity contribution in [1.82, 2.24) is 10.6 Å². The van der Waals surface area contributed by atoms with Gasteiger partial charge in [0.15, 0.2) is 0 Å². The van der Waals surface area contributed by atoms with Gasteiger partial charge in [0.1, 0.15) is 11.6 Å². The molecule has 2 rings (SSSR count).